The Morgan fingerprint density at radius 3 is 2.31 bits per heavy atom. The molecule has 0 bridgehead atoms. The number of nitro benzene ring substituents is 1. The molecule has 3 heterocycles. The van der Waals surface area contributed by atoms with Crippen molar-refractivity contribution in [3.8, 4) is 5.75 Å². The van der Waals surface area contributed by atoms with Gasteiger partial charge in [0.1, 0.15) is 17.5 Å². The molecular weight excluding hydrogens is 580 g/mol. The summed E-state index contributed by atoms with van der Waals surface area (Å²) in [6.07, 6.45) is 0. The van der Waals surface area contributed by atoms with Gasteiger partial charge in [-0.1, -0.05) is 53.4 Å². The molecule has 0 spiro atoms. The molecule has 1 N–H and O–H groups in total. The standard InChI is InChI=1S/C29H22N4O7S2/c1-40-20-13-7-16(8-14-20)22-23-24(27(36)32(26(23)35)18-9-11-19(12-10-18)33(38)39)41-28-25(22)42-29(37)31(28)15-21(34)30-17-5-3-2-4-6-17/h2-14,22-24H,15H2,1H3,(H,30,34). The first-order valence-corrected chi connectivity index (χ1v) is 14.5. The molecule has 6 rings (SSSR count). The number of methoxy groups -OCH3 is 1. The molecule has 3 atom stereocenters. The van der Waals surface area contributed by atoms with Gasteiger partial charge >= 0.3 is 4.87 Å². The maximum absolute atomic E-state index is 13.9. The number of fused-ring (bicyclic) bond motifs is 2. The Morgan fingerprint density at radius 1 is 0.976 bits per heavy atom. The molecule has 3 amide bonds. The lowest BCUT2D eigenvalue weighted by Gasteiger charge is -2.30. The van der Waals surface area contributed by atoms with E-state index < -0.39 is 39.7 Å². The molecule has 212 valence electrons. The van der Waals surface area contributed by atoms with E-state index in [0.29, 0.717) is 26.9 Å². The molecule has 11 nitrogen and oxygen atoms in total. The highest BCUT2D eigenvalue weighted by atomic mass is 32.2. The van der Waals surface area contributed by atoms with Crippen LogP contribution >= 0.6 is 23.1 Å². The molecule has 0 saturated carbocycles. The Balaban J connectivity index is 1.41. The summed E-state index contributed by atoms with van der Waals surface area (Å²) in [5.41, 5.74) is 1.35. The van der Waals surface area contributed by atoms with Crippen molar-refractivity contribution in [2.24, 2.45) is 5.92 Å². The number of carbonyl (C=O) groups is 3. The van der Waals surface area contributed by atoms with E-state index in [1.165, 1.54) is 35.9 Å². The van der Waals surface area contributed by atoms with Gasteiger partial charge in [0.05, 0.1) is 28.7 Å². The number of para-hydroxylation sites is 1. The summed E-state index contributed by atoms with van der Waals surface area (Å²) < 4.78 is 6.64. The number of ether oxygens (including phenoxy) is 1. The summed E-state index contributed by atoms with van der Waals surface area (Å²) in [5, 5.41) is 13.5. The number of nitrogens with one attached hydrogen (secondary N) is 1. The molecule has 2 aliphatic rings. The normalized spacial score (nSPS) is 19.3. The predicted octanol–water partition coefficient (Wildman–Crippen LogP) is 4.26. The molecule has 42 heavy (non-hydrogen) atoms. The highest BCUT2D eigenvalue weighted by molar-refractivity contribution is 8.00. The van der Waals surface area contributed by atoms with Crippen molar-refractivity contribution in [3.63, 3.8) is 0 Å². The second-order valence-corrected chi connectivity index (χ2v) is 11.8. The van der Waals surface area contributed by atoms with Crippen LogP contribution in [0.15, 0.2) is 88.7 Å². The Bertz CT molecular complexity index is 1770. The molecule has 2 aliphatic heterocycles. The van der Waals surface area contributed by atoms with Crippen molar-refractivity contribution in [1.29, 1.82) is 0 Å². The van der Waals surface area contributed by atoms with Crippen LogP contribution in [-0.2, 0) is 20.9 Å². The van der Waals surface area contributed by atoms with Crippen LogP contribution in [0.2, 0.25) is 0 Å². The summed E-state index contributed by atoms with van der Waals surface area (Å²) in [7, 11) is 1.54. The second-order valence-electron chi connectivity index (χ2n) is 9.64. The van der Waals surface area contributed by atoms with E-state index in [4.69, 9.17) is 4.74 Å². The lowest BCUT2D eigenvalue weighted by Crippen LogP contribution is -2.33. The molecule has 1 aromatic heterocycles. The van der Waals surface area contributed by atoms with Crippen molar-refractivity contribution >= 4 is 57.9 Å². The van der Waals surface area contributed by atoms with E-state index >= 15 is 0 Å². The van der Waals surface area contributed by atoms with E-state index in [-0.39, 0.29) is 22.8 Å². The quantitative estimate of drug-likeness (QED) is 0.188. The Labute approximate surface area is 246 Å². The molecule has 0 radical (unpaired) electrons. The first-order valence-electron chi connectivity index (χ1n) is 12.8. The van der Waals surface area contributed by atoms with Gasteiger partial charge in [-0.25, -0.2) is 4.90 Å². The average Bonchev–Trinajstić information content (AvgIpc) is 3.43. The number of imide groups is 1. The number of nitrogens with zero attached hydrogens (tertiary/aromatic N) is 3. The van der Waals surface area contributed by atoms with Crippen LogP contribution in [0.25, 0.3) is 0 Å². The fraction of sp³-hybridized carbons (Fsp3) is 0.172. The highest BCUT2D eigenvalue weighted by Crippen LogP contribution is 2.54. The number of hydrogen-bond donors (Lipinski definition) is 1. The molecule has 13 heteroatoms. The summed E-state index contributed by atoms with van der Waals surface area (Å²) in [5.74, 6) is -2.26. The number of carbonyl (C=O) groups excluding carboxylic acids is 3. The molecule has 4 aromatic rings. The van der Waals surface area contributed by atoms with Crippen LogP contribution in [0, 0.1) is 16.0 Å². The van der Waals surface area contributed by atoms with Crippen LogP contribution in [0.5, 0.6) is 5.75 Å². The van der Waals surface area contributed by atoms with Crippen molar-refractivity contribution in [1.82, 2.24) is 4.57 Å². The third-order valence-electron chi connectivity index (χ3n) is 7.20. The minimum atomic E-state index is -0.885. The monoisotopic (exact) mass is 602 g/mol. The van der Waals surface area contributed by atoms with Gasteiger partial charge in [-0.05, 0) is 42.0 Å². The van der Waals surface area contributed by atoms with Gasteiger partial charge in [-0.15, -0.1) is 0 Å². The molecule has 0 aliphatic carbocycles. The van der Waals surface area contributed by atoms with Gasteiger partial charge < -0.3 is 10.1 Å². The van der Waals surface area contributed by atoms with Crippen LogP contribution in [0.1, 0.15) is 16.4 Å². The number of thiazole rings is 1. The minimum Gasteiger partial charge on any atom is -0.497 e. The van der Waals surface area contributed by atoms with Crippen LogP contribution in [0.4, 0.5) is 17.1 Å². The van der Waals surface area contributed by atoms with E-state index in [9.17, 15) is 29.3 Å². The zero-order chi connectivity index (χ0) is 29.5. The zero-order valence-corrected chi connectivity index (χ0v) is 23.6. The number of benzene rings is 3. The maximum atomic E-state index is 13.9. The first-order chi connectivity index (χ1) is 20.3. The van der Waals surface area contributed by atoms with E-state index in [2.05, 4.69) is 5.32 Å². The second kappa shape index (κ2) is 10.9. The molecular formula is C29H22N4O7S2. The summed E-state index contributed by atoms with van der Waals surface area (Å²) in [4.78, 5) is 65.8. The van der Waals surface area contributed by atoms with Crippen molar-refractivity contribution < 1.29 is 24.0 Å². The van der Waals surface area contributed by atoms with Crippen molar-refractivity contribution in [3.05, 3.63) is 109 Å². The summed E-state index contributed by atoms with van der Waals surface area (Å²) in [6.45, 7) is -0.270. The number of rotatable bonds is 7. The number of thioether (sulfide) groups is 1. The van der Waals surface area contributed by atoms with Crippen LogP contribution < -0.4 is 19.8 Å². The number of amides is 3. The molecule has 3 aromatic carbocycles. The van der Waals surface area contributed by atoms with Gasteiger partial charge in [0, 0.05) is 28.6 Å². The van der Waals surface area contributed by atoms with Gasteiger partial charge in [-0.3, -0.25) is 33.9 Å². The number of aromatic nitrogens is 1. The summed E-state index contributed by atoms with van der Waals surface area (Å²) in [6, 6.07) is 21.2. The fourth-order valence-electron chi connectivity index (χ4n) is 5.27. The largest absolute Gasteiger partial charge is 0.497 e. The number of non-ortho nitro benzene ring substituents is 1. The maximum Gasteiger partial charge on any atom is 0.308 e. The van der Waals surface area contributed by atoms with Gasteiger partial charge in [0.25, 0.3) is 5.69 Å². The smallest absolute Gasteiger partial charge is 0.308 e. The van der Waals surface area contributed by atoms with E-state index in [0.717, 1.165) is 28.0 Å². The summed E-state index contributed by atoms with van der Waals surface area (Å²) >= 11 is 2.05. The third-order valence-corrected chi connectivity index (χ3v) is 9.81. The fourth-order valence-corrected chi connectivity index (χ4v) is 8.04. The van der Waals surface area contributed by atoms with E-state index in [1.807, 2.05) is 6.07 Å². The zero-order valence-electron chi connectivity index (χ0n) is 22.0. The van der Waals surface area contributed by atoms with Gasteiger partial charge in [0.2, 0.25) is 17.7 Å². The van der Waals surface area contributed by atoms with Crippen LogP contribution in [-0.4, -0.2) is 39.6 Å². The van der Waals surface area contributed by atoms with E-state index in [1.54, 1.807) is 48.5 Å². The SMILES string of the molecule is COc1ccc(C2c3sc(=O)n(CC(=O)Nc4ccccc4)c3SC3C(=O)N(c4ccc([N+](=O)[O-])cc4)C(=O)C32)cc1. The number of nitro groups is 1. The minimum absolute atomic E-state index is 0.166. The van der Waals surface area contributed by atoms with Crippen molar-refractivity contribution in [2.45, 2.75) is 22.7 Å². The topological polar surface area (TPSA) is 141 Å². The van der Waals surface area contributed by atoms with Crippen molar-refractivity contribution in [2.75, 3.05) is 17.3 Å². The lowest BCUT2D eigenvalue weighted by molar-refractivity contribution is -0.384. The first kappa shape index (κ1) is 27.4. The molecule has 3 unspecified atom stereocenters. The predicted molar refractivity (Wildman–Crippen MR) is 157 cm³/mol. The molecule has 1 saturated heterocycles. The number of hydrogen-bond acceptors (Lipinski definition) is 9. The van der Waals surface area contributed by atoms with Crippen LogP contribution in [0.3, 0.4) is 0 Å². The van der Waals surface area contributed by atoms with Gasteiger partial charge in [0.15, 0.2) is 0 Å². The third kappa shape index (κ3) is 4.76. The molecule has 1 fully saturated rings. The Hall–Kier alpha value is -4.75. The lowest BCUT2D eigenvalue weighted by atomic mass is 9.83. The van der Waals surface area contributed by atoms with Gasteiger partial charge in [-0.2, -0.15) is 0 Å². The Morgan fingerprint density at radius 2 is 1.67 bits per heavy atom. The Kier molecular flexibility index (Phi) is 7.12. The average molecular weight is 603 g/mol. The highest BCUT2D eigenvalue weighted by Gasteiger charge is 2.56. The number of anilines is 2.